The van der Waals surface area contributed by atoms with Crippen LogP contribution in [0.5, 0.6) is 11.5 Å². The van der Waals surface area contributed by atoms with E-state index in [9.17, 15) is 4.79 Å². The molecule has 0 aliphatic carbocycles. The summed E-state index contributed by atoms with van der Waals surface area (Å²) in [4.78, 5) is 21.9. The molecular formula is C24H24ClN3O3. The Bertz CT molecular complexity index is 1130. The number of carbonyl (C=O) groups is 1. The van der Waals surface area contributed by atoms with Crippen molar-refractivity contribution in [1.29, 1.82) is 0 Å². The predicted octanol–water partition coefficient (Wildman–Crippen LogP) is 3.68. The van der Waals surface area contributed by atoms with E-state index in [1.165, 1.54) is 0 Å². The van der Waals surface area contributed by atoms with E-state index < -0.39 is 6.10 Å². The number of para-hydroxylation sites is 3. The van der Waals surface area contributed by atoms with E-state index in [-0.39, 0.29) is 12.5 Å². The van der Waals surface area contributed by atoms with E-state index in [0.717, 1.165) is 40.3 Å². The molecule has 0 N–H and O–H groups in total. The largest absolute Gasteiger partial charge is 0.485 e. The minimum absolute atomic E-state index is 0.0214. The van der Waals surface area contributed by atoms with Gasteiger partial charge in [0.25, 0.3) is 5.91 Å². The van der Waals surface area contributed by atoms with Crippen molar-refractivity contribution in [3.63, 3.8) is 0 Å². The summed E-state index contributed by atoms with van der Waals surface area (Å²) in [6.07, 6.45) is -0.597. The lowest BCUT2D eigenvalue weighted by Crippen LogP contribution is -2.53. The van der Waals surface area contributed by atoms with Crippen LogP contribution in [0.15, 0.2) is 48.5 Å². The molecule has 1 atom stereocenters. The van der Waals surface area contributed by atoms with Crippen LogP contribution in [0.1, 0.15) is 11.3 Å². The lowest BCUT2D eigenvalue weighted by Gasteiger charge is -2.37. The molecule has 6 nitrogen and oxygen atoms in total. The number of hydrogen-bond acceptors (Lipinski definition) is 5. The summed E-state index contributed by atoms with van der Waals surface area (Å²) < 4.78 is 11.6. The quantitative estimate of drug-likeness (QED) is 0.625. The number of aromatic nitrogens is 1. The number of hydrogen-bond donors (Lipinski definition) is 0. The van der Waals surface area contributed by atoms with E-state index >= 15 is 0 Å². The van der Waals surface area contributed by atoms with Gasteiger partial charge in [0.2, 0.25) is 6.10 Å². The molecule has 0 radical (unpaired) electrons. The van der Waals surface area contributed by atoms with Gasteiger partial charge in [-0.15, -0.1) is 0 Å². The number of aryl methyl sites for hydroxylation is 1. The van der Waals surface area contributed by atoms with E-state index in [2.05, 4.69) is 4.90 Å². The highest BCUT2D eigenvalue weighted by atomic mass is 35.5. The normalized spacial score (nSPS) is 18.9. The molecule has 1 aromatic heterocycles. The number of pyridine rings is 1. The average Bonchev–Trinajstić information content (AvgIpc) is 2.82. The molecule has 3 aromatic rings. The first-order chi connectivity index (χ1) is 15.1. The molecule has 1 saturated heterocycles. The minimum Gasteiger partial charge on any atom is -0.485 e. The minimum atomic E-state index is -0.597. The highest BCUT2D eigenvalue weighted by molar-refractivity contribution is 6.32. The Labute approximate surface area is 186 Å². The van der Waals surface area contributed by atoms with Crippen LogP contribution < -0.4 is 9.47 Å². The summed E-state index contributed by atoms with van der Waals surface area (Å²) in [5.41, 5.74) is 2.91. The van der Waals surface area contributed by atoms with Crippen molar-refractivity contribution in [2.75, 3.05) is 32.8 Å². The first-order valence-corrected chi connectivity index (χ1v) is 10.9. The van der Waals surface area contributed by atoms with Crippen LogP contribution in [-0.2, 0) is 11.3 Å². The summed E-state index contributed by atoms with van der Waals surface area (Å²) in [5.74, 6) is 1.29. The summed E-state index contributed by atoms with van der Waals surface area (Å²) >= 11 is 6.63. The Hall–Kier alpha value is -2.83. The van der Waals surface area contributed by atoms with Crippen molar-refractivity contribution < 1.29 is 14.3 Å². The molecule has 7 heteroatoms. The smallest absolute Gasteiger partial charge is 0.267 e. The summed E-state index contributed by atoms with van der Waals surface area (Å²) in [7, 11) is 0. The Morgan fingerprint density at radius 1 is 1.06 bits per heavy atom. The van der Waals surface area contributed by atoms with Crippen molar-refractivity contribution in [3.8, 4) is 11.5 Å². The third kappa shape index (κ3) is 3.93. The van der Waals surface area contributed by atoms with Gasteiger partial charge in [0.15, 0.2) is 11.5 Å². The van der Waals surface area contributed by atoms with Gasteiger partial charge in [-0.05, 0) is 30.7 Å². The van der Waals surface area contributed by atoms with Crippen molar-refractivity contribution in [3.05, 3.63) is 64.8 Å². The van der Waals surface area contributed by atoms with Crippen LogP contribution in [0, 0.1) is 6.92 Å². The fourth-order valence-electron chi connectivity index (χ4n) is 4.21. The number of nitrogens with zero attached hydrogens (tertiary/aromatic N) is 3. The van der Waals surface area contributed by atoms with Gasteiger partial charge in [-0.2, -0.15) is 0 Å². The third-order valence-electron chi connectivity index (χ3n) is 5.99. The highest BCUT2D eigenvalue weighted by Gasteiger charge is 2.32. The van der Waals surface area contributed by atoms with Gasteiger partial charge in [-0.1, -0.05) is 41.9 Å². The molecule has 2 aliphatic heterocycles. The number of rotatable bonds is 3. The molecule has 2 aliphatic rings. The summed E-state index contributed by atoms with van der Waals surface area (Å²) in [6, 6.07) is 15.5. The second-order valence-corrected chi connectivity index (χ2v) is 8.36. The van der Waals surface area contributed by atoms with Crippen molar-refractivity contribution in [2.45, 2.75) is 19.6 Å². The standard InChI is InChI=1S/C24H24ClN3O3/c1-16-17-6-2-3-7-18(17)26-19(23(16)25)14-27-10-12-28(13-11-27)24(29)22-15-30-20-8-4-5-9-21(20)31-22/h2-9,22H,10-15H2,1H3. The number of fused-ring (bicyclic) bond motifs is 2. The van der Waals surface area contributed by atoms with E-state index in [4.69, 9.17) is 26.1 Å². The van der Waals surface area contributed by atoms with Gasteiger partial charge in [-0.25, -0.2) is 4.98 Å². The maximum absolute atomic E-state index is 12.9. The van der Waals surface area contributed by atoms with Crippen LogP contribution in [0.4, 0.5) is 0 Å². The molecule has 1 amide bonds. The van der Waals surface area contributed by atoms with E-state index in [1.807, 2.05) is 60.4 Å². The Morgan fingerprint density at radius 2 is 1.77 bits per heavy atom. The van der Waals surface area contributed by atoms with Crippen molar-refractivity contribution in [1.82, 2.24) is 14.8 Å². The van der Waals surface area contributed by atoms with Gasteiger partial charge < -0.3 is 14.4 Å². The van der Waals surface area contributed by atoms with Crippen LogP contribution in [0.25, 0.3) is 10.9 Å². The third-order valence-corrected chi connectivity index (χ3v) is 6.49. The summed E-state index contributed by atoms with van der Waals surface area (Å²) in [5, 5.41) is 1.81. The molecule has 0 bridgehead atoms. The number of carbonyl (C=O) groups excluding carboxylic acids is 1. The highest BCUT2D eigenvalue weighted by Crippen LogP contribution is 2.31. The number of halogens is 1. The zero-order valence-electron chi connectivity index (χ0n) is 17.4. The first kappa shape index (κ1) is 20.1. The SMILES string of the molecule is Cc1c(Cl)c(CN2CCN(C(=O)C3COc4ccccc4O3)CC2)nc2ccccc12. The summed E-state index contributed by atoms with van der Waals surface area (Å²) in [6.45, 7) is 5.76. The fourth-order valence-corrected chi connectivity index (χ4v) is 4.41. The van der Waals surface area contributed by atoms with Crippen LogP contribution in [0.3, 0.4) is 0 Å². The molecular weight excluding hydrogens is 414 g/mol. The van der Waals surface area contributed by atoms with Crippen LogP contribution in [-0.4, -0.2) is 59.6 Å². The topological polar surface area (TPSA) is 54.9 Å². The molecule has 0 saturated carbocycles. The van der Waals surface area contributed by atoms with Crippen molar-refractivity contribution >= 4 is 28.4 Å². The van der Waals surface area contributed by atoms with Crippen LogP contribution in [0.2, 0.25) is 5.02 Å². The zero-order chi connectivity index (χ0) is 21.4. The first-order valence-electron chi connectivity index (χ1n) is 10.5. The number of amides is 1. The van der Waals surface area contributed by atoms with Crippen LogP contribution >= 0.6 is 11.6 Å². The maximum Gasteiger partial charge on any atom is 0.267 e. The van der Waals surface area contributed by atoms with E-state index in [1.54, 1.807) is 0 Å². The second-order valence-electron chi connectivity index (χ2n) is 7.98. The lowest BCUT2D eigenvalue weighted by atomic mass is 10.1. The number of piperazine rings is 1. The fraction of sp³-hybridized carbons (Fsp3) is 0.333. The monoisotopic (exact) mass is 437 g/mol. The molecule has 31 heavy (non-hydrogen) atoms. The Kier molecular flexibility index (Phi) is 5.42. The van der Waals surface area contributed by atoms with Gasteiger partial charge >= 0.3 is 0 Å². The maximum atomic E-state index is 12.9. The number of benzene rings is 2. The molecule has 1 fully saturated rings. The molecule has 2 aromatic carbocycles. The molecule has 3 heterocycles. The Balaban J connectivity index is 1.22. The Morgan fingerprint density at radius 3 is 2.58 bits per heavy atom. The second kappa shape index (κ2) is 8.36. The number of ether oxygens (including phenoxy) is 2. The van der Waals surface area contributed by atoms with Crippen molar-refractivity contribution in [2.24, 2.45) is 0 Å². The average molecular weight is 438 g/mol. The molecule has 160 valence electrons. The zero-order valence-corrected chi connectivity index (χ0v) is 18.1. The van der Waals surface area contributed by atoms with Gasteiger partial charge in [0, 0.05) is 38.1 Å². The molecule has 5 rings (SSSR count). The molecule has 0 spiro atoms. The lowest BCUT2D eigenvalue weighted by molar-refractivity contribution is -0.143. The van der Waals surface area contributed by atoms with E-state index in [0.29, 0.717) is 31.1 Å². The predicted molar refractivity (Wildman–Crippen MR) is 120 cm³/mol. The van der Waals surface area contributed by atoms with Gasteiger partial charge in [0.1, 0.15) is 6.61 Å². The van der Waals surface area contributed by atoms with Gasteiger partial charge in [-0.3, -0.25) is 9.69 Å². The molecule has 1 unspecified atom stereocenters. The van der Waals surface area contributed by atoms with Gasteiger partial charge in [0.05, 0.1) is 16.2 Å².